The number of carbonyl (C=O) groups is 3. The first-order valence-electron chi connectivity index (χ1n) is 32.8. The minimum atomic E-state index is -0.771. The van der Waals surface area contributed by atoms with E-state index >= 15 is 0 Å². The van der Waals surface area contributed by atoms with Crippen LogP contribution in [-0.2, 0) is 28.6 Å². The molecular formula is C69H124O6. The molecule has 0 aromatic rings. The highest BCUT2D eigenvalue weighted by Crippen LogP contribution is 2.18. The lowest BCUT2D eigenvalue weighted by molar-refractivity contribution is -0.167. The molecule has 0 radical (unpaired) electrons. The first kappa shape index (κ1) is 72.1. The fourth-order valence-electron chi connectivity index (χ4n) is 9.65. The maximum absolute atomic E-state index is 12.9. The summed E-state index contributed by atoms with van der Waals surface area (Å²) in [7, 11) is 0. The second kappa shape index (κ2) is 63.6. The average Bonchev–Trinajstić information content (AvgIpc) is 3.41. The third-order valence-corrected chi connectivity index (χ3v) is 14.5. The topological polar surface area (TPSA) is 78.9 Å². The van der Waals surface area contributed by atoms with Crippen LogP contribution in [0, 0.1) is 0 Å². The number of rotatable bonds is 60. The van der Waals surface area contributed by atoms with Crippen LogP contribution in [0.1, 0.15) is 342 Å². The number of hydrogen-bond donors (Lipinski definition) is 0. The van der Waals surface area contributed by atoms with E-state index < -0.39 is 6.10 Å². The van der Waals surface area contributed by atoms with Gasteiger partial charge in [-0.3, -0.25) is 14.4 Å². The SMILES string of the molecule is CC/C=C\C/C=C\C/C=C\C/C=C\C/C=C\CCCCCCCCCCCCCC(=O)OCC(COC(=O)CCCCCCCCCCC)OC(=O)CCCCCCCCCCCCCCCCCCCCCCC. The van der Waals surface area contributed by atoms with Gasteiger partial charge in [0.15, 0.2) is 6.10 Å². The van der Waals surface area contributed by atoms with Crippen molar-refractivity contribution < 1.29 is 28.6 Å². The Balaban J connectivity index is 4.17. The Kier molecular flexibility index (Phi) is 61.2. The van der Waals surface area contributed by atoms with E-state index in [2.05, 4.69) is 81.5 Å². The standard InChI is InChI=1S/C69H124O6/c1-4-7-10-13-16-19-21-23-25-27-29-31-32-33-34-35-36-38-39-41-43-45-47-50-53-56-59-62-68(71)74-65-66(64-73-67(70)61-58-55-52-49-18-15-12-9-6-3)75-69(72)63-60-57-54-51-48-46-44-42-40-37-30-28-26-24-22-20-17-14-11-8-5-2/h7,10,16,19,23,25,29,31,33-34,66H,4-6,8-9,11-15,17-18,20-22,24,26-28,30,32,35-65H2,1-3H3/b10-7-,19-16-,25-23-,31-29-,34-33-. The zero-order valence-corrected chi connectivity index (χ0v) is 50.1. The summed E-state index contributed by atoms with van der Waals surface area (Å²) in [4.78, 5) is 38.2. The zero-order chi connectivity index (χ0) is 54.3. The number of hydrogen-bond acceptors (Lipinski definition) is 6. The normalized spacial score (nSPS) is 12.4. The summed E-state index contributed by atoms with van der Waals surface area (Å²) in [5.41, 5.74) is 0. The molecule has 0 amide bonds. The Morgan fingerprint density at radius 2 is 0.520 bits per heavy atom. The van der Waals surface area contributed by atoms with E-state index in [1.807, 2.05) is 0 Å². The lowest BCUT2D eigenvalue weighted by Gasteiger charge is -2.18. The van der Waals surface area contributed by atoms with E-state index in [4.69, 9.17) is 14.2 Å². The predicted molar refractivity (Wildman–Crippen MR) is 325 cm³/mol. The third kappa shape index (κ3) is 61.8. The predicted octanol–water partition coefficient (Wildman–Crippen LogP) is 22.3. The molecule has 1 atom stereocenters. The molecule has 0 spiro atoms. The van der Waals surface area contributed by atoms with Crippen LogP contribution in [0.5, 0.6) is 0 Å². The summed E-state index contributed by atoms with van der Waals surface area (Å²) in [5, 5.41) is 0. The van der Waals surface area contributed by atoms with Crippen molar-refractivity contribution in [3.63, 3.8) is 0 Å². The molecular weight excluding hydrogens is 925 g/mol. The van der Waals surface area contributed by atoms with Gasteiger partial charge in [0.05, 0.1) is 0 Å². The highest BCUT2D eigenvalue weighted by Gasteiger charge is 2.19. The molecule has 0 aliphatic heterocycles. The molecule has 0 saturated heterocycles. The van der Waals surface area contributed by atoms with Gasteiger partial charge in [-0.2, -0.15) is 0 Å². The first-order valence-corrected chi connectivity index (χ1v) is 32.8. The molecule has 0 aromatic carbocycles. The van der Waals surface area contributed by atoms with E-state index in [1.165, 1.54) is 212 Å². The Hall–Kier alpha value is -2.89. The Morgan fingerprint density at radius 3 is 0.813 bits per heavy atom. The van der Waals surface area contributed by atoms with Crippen LogP contribution >= 0.6 is 0 Å². The van der Waals surface area contributed by atoms with Crippen LogP contribution in [0.3, 0.4) is 0 Å². The molecule has 0 heterocycles. The second-order valence-electron chi connectivity index (χ2n) is 22.0. The van der Waals surface area contributed by atoms with Crippen molar-refractivity contribution in [1.82, 2.24) is 0 Å². The summed E-state index contributed by atoms with van der Waals surface area (Å²) in [6.45, 7) is 6.56. The van der Waals surface area contributed by atoms with Crippen LogP contribution in [0.15, 0.2) is 60.8 Å². The molecule has 0 fully saturated rings. The Bertz CT molecular complexity index is 1340. The van der Waals surface area contributed by atoms with Gasteiger partial charge in [-0.05, 0) is 64.2 Å². The maximum atomic E-state index is 12.9. The van der Waals surface area contributed by atoms with Crippen molar-refractivity contribution in [3.05, 3.63) is 60.8 Å². The number of esters is 3. The second-order valence-corrected chi connectivity index (χ2v) is 22.0. The van der Waals surface area contributed by atoms with Crippen molar-refractivity contribution in [2.24, 2.45) is 0 Å². The van der Waals surface area contributed by atoms with Crippen molar-refractivity contribution in [2.75, 3.05) is 13.2 Å². The van der Waals surface area contributed by atoms with Gasteiger partial charge in [0.1, 0.15) is 13.2 Å². The molecule has 0 aromatic heterocycles. The van der Waals surface area contributed by atoms with Crippen molar-refractivity contribution >= 4 is 17.9 Å². The Morgan fingerprint density at radius 1 is 0.280 bits per heavy atom. The molecule has 0 aliphatic rings. The van der Waals surface area contributed by atoms with Crippen molar-refractivity contribution in [1.29, 1.82) is 0 Å². The van der Waals surface area contributed by atoms with Gasteiger partial charge in [0, 0.05) is 19.3 Å². The molecule has 6 nitrogen and oxygen atoms in total. The van der Waals surface area contributed by atoms with E-state index in [-0.39, 0.29) is 31.1 Å². The van der Waals surface area contributed by atoms with E-state index in [1.54, 1.807) is 0 Å². The van der Waals surface area contributed by atoms with Crippen LogP contribution < -0.4 is 0 Å². The van der Waals surface area contributed by atoms with Crippen LogP contribution in [0.25, 0.3) is 0 Å². The maximum Gasteiger partial charge on any atom is 0.306 e. The van der Waals surface area contributed by atoms with Crippen LogP contribution in [0.2, 0.25) is 0 Å². The number of unbranched alkanes of at least 4 members (excludes halogenated alkanes) is 39. The quantitative estimate of drug-likeness (QED) is 0.0261. The molecule has 0 rings (SSSR count). The summed E-state index contributed by atoms with van der Waals surface area (Å²) >= 11 is 0. The largest absolute Gasteiger partial charge is 0.462 e. The summed E-state index contributed by atoms with van der Waals surface area (Å²) in [6, 6.07) is 0. The average molecular weight is 1050 g/mol. The molecule has 436 valence electrons. The van der Waals surface area contributed by atoms with Crippen LogP contribution in [0.4, 0.5) is 0 Å². The molecule has 0 aliphatic carbocycles. The van der Waals surface area contributed by atoms with E-state index in [9.17, 15) is 14.4 Å². The lowest BCUT2D eigenvalue weighted by Crippen LogP contribution is -2.30. The summed E-state index contributed by atoms with van der Waals surface area (Å²) < 4.78 is 16.9. The minimum absolute atomic E-state index is 0.0697. The lowest BCUT2D eigenvalue weighted by atomic mass is 10.0. The molecule has 0 saturated carbocycles. The van der Waals surface area contributed by atoms with E-state index in [0.29, 0.717) is 19.3 Å². The van der Waals surface area contributed by atoms with Gasteiger partial charge in [0.25, 0.3) is 0 Å². The van der Waals surface area contributed by atoms with Gasteiger partial charge in [-0.25, -0.2) is 0 Å². The van der Waals surface area contributed by atoms with E-state index in [0.717, 1.165) is 89.9 Å². The van der Waals surface area contributed by atoms with Crippen LogP contribution in [-0.4, -0.2) is 37.2 Å². The molecule has 75 heavy (non-hydrogen) atoms. The number of carbonyl (C=O) groups excluding carboxylic acids is 3. The molecule has 6 heteroatoms. The van der Waals surface area contributed by atoms with Gasteiger partial charge in [-0.15, -0.1) is 0 Å². The van der Waals surface area contributed by atoms with Gasteiger partial charge >= 0.3 is 17.9 Å². The highest BCUT2D eigenvalue weighted by atomic mass is 16.6. The summed E-state index contributed by atoms with van der Waals surface area (Å²) in [6.07, 6.45) is 81.0. The third-order valence-electron chi connectivity index (χ3n) is 14.5. The highest BCUT2D eigenvalue weighted by molar-refractivity contribution is 5.71. The fraction of sp³-hybridized carbons (Fsp3) is 0.812. The summed E-state index contributed by atoms with van der Waals surface area (Å²) in [5.74, 6) is -0.855. The van der Waals surface area contributed by atoms with Crippen molar-refractivity contribution in [2.45, 2.75) is 348 Å². The molecule has 0 bridgehead atoms. The first-order chi connectivity index (χ1) is 37.0. The molecule has 1 unspecified atom stereocenters. The number of ether oxygens (including phenoxy) is 3. The molecule has 0 N–H and O–H groups in total. The van der Waals surface area contributed by atoms with Gasteiger partial charge in [0.2, 0.25) is 0 Å². The Labute approximate surface area is 466 Å². The zero-order valence-electron chi connectivity index (χ0n) is 50.1. The number of allylic oxidation sites excluding steroid dienone is 10. The smallest absolute Gasteiger partial charge is 0.306 e. The van der Waals surface area contributed by atoms with Crippen molar-refractivity contribution in [3.8, 4) is 0 Å². The fourth-order valence-corrected chi connectivity index (χ4v) is 9.65. The monoisotopic (exact) mass is 1050 g/mol. The van der Waals surface area contributed by atoms with Gasteiger partial charge in [-0.1, -0.05) is 319 Å². The van der Waals surface area contributed by atoms with Gasteiger partial charge < -0.3 is 14.2 Å². The minimum Gasteiger partial charge on any atom is -0.462 e.